The zero-order valence-electron chi connectivity index (χ0n) is 11.7. The Kier molecular flexibility index (Phi) is 6.11. The quantitative estimate of drug-likeness (QED) is 0.883. The summed E-state index contributed by atoms with van der Waals surface area (Å²) in [5.41, 5.74) is 0.122. The molecule has 0 fully saturated rings. The van der Waals surface area contributed by atoms with Crippen LogP contribution in [-0.2, 0) is 4.74 Å². The Morgan fingerprint density at radius 1 is 1.35 bits per heavy atom. The number of hydrogen-bond donors (Lipinski definition) is 2. The fourth-order valence-electron chi connectivity index (χ4n) is 1.51. The number of ether oxygens (including phenoxy) is 1. The van der Waals surface area contributed by atoms with E-state index in [-0.39, 0.29) is 0 Å². The molecule has 0 bridgehead atoms. The first-order chi connectivity index (χ1) is 9.19. The molecule has 0 aliphatic heterocycles. The lowest BCUT2D eigenvalue weighted by Crippen LogP contribution is -2.33. The number of halogens is 2. The molecule has 0 saturated carbocycles. The van der Waals surface area contributed by atoms with Gasteiger partial charge in [-0.1, -0.05) is 29.3 Å². The van der Waals surface area contributed by atoms with Crippen molar-refractivity contribution in [3.63, 3.8) is 0 Å². The molecule has 112 valence electrons. The molecule has 0 spiro atoms. The predicted octanol–water partition coefficient (Wildman–Crippen LogP) is 3.94. The van der Waals surface area contributed by atoms with Gasteiger partial charge in [-0.15, -0.1) is 0 Å². The van der Waals surface area contributed by atoms with E-state index in [1.165, 1.54) is 0 Å². The molecular weight excluding hydrogens is 301 g/mol. The highest BCUT2D eigenvalue weighted by atomic mass is 35.5. The van der Waals surface area contributed by atoms with Crippen LogP contribution < -0.4 is 5.32 Å². The van der Waals surface area contributed by atoms with Gasteiger partial charge >= 0.3 is 6.09 Å². The SMILES string of the molecule is CC(C)(C)OC(=O)NCCC(O)c1ccc(Cl)c(Cl)c1. The normalized spacial score (nSPS) is 12.9. The van der Waals surface area contributed by atoms with Crippen molar-refractivity contribution in [2.24, 2.45) is 0 Å². The van der Waals surface area contributed by atoms with Gasteiger partial charge in [0.05, 0.1) is 16.1 Å². The minimum atomic E-state index is -0.722. The number of nitrogens with one attached hydrogen (secondary N) is 1. The molecule has 1 unspecified atom stereocenters. The lowest BCUT2D eigenvalue weighted by atomic mass is 10.1. The van der Waals surface area contributed by atoms with Crippen molar-refractivity contribution in [3.8, 4) is 0 Å². The Morgan fingerprint density at radius 3 is 2.55 bits per heavy atom. The zero-order valence-corrected chi connectivity index (χ0v) is 13.3. The molecule has 0 aliphatic carbocycles. The van der Waals surface area contributed by atoms with Gasteiger partial charge < -0.3 is 15.2 Å². The molecule has 0 radical (unpaired) electrons. The first-order valence-electron chi connectivity index (χ1n) is 6.29. The lowest BCUT2D eigenvalue weighted by molar-refractivity contribution is 0.0518. The average Bonchev–Trinajstić information content (AvgIpc) is 2.30. The van der Waals surface area contributed by atoms with Gasteiger partial charge in [-0.3, -0.25) is 0 Å². The van der Waals surface area contributed by atoms with Crippen LogP contribution in [0, 0.1) is 0 Å². The van der Waals surface area contributed by atoms with Crippen LogP contribution in [-0.4, -0.2) is 23.3 Å². The van der Waals surface area contributed by atoms with Crippen molar-refractivity contribution >= 4 is 29.3 Å². The number of carbonyl (C=O) groups excluding carboxylic acids is 1. The number of aliphatic hydroxyl groups is 1. The molecule has 0 heterocycles. The van der Waals surface area contributed by atoms with Crippen LogP contribution in [0.3, 0.4) is 0 Å². The van der Waals surface area contributed by atoms with Gasteiger partial charge in [-0.05, 0) is 44.9 Å². The number of rotatable bonds is 4. The zero-order chi connectivity index (χ0) is 15.3. The summed E-state index contributed by atoms with van der Waals surface area (Å²) in [4.78, 5) is 11.4. The van der Waals surface area contributed by atoms with Crippen LogP contribution in [0.5, 0.6) is 0 Å². The van der Waals surface area contributed by atoms with Gasteiger partial charge in [0.15, 0.2) is 0 Å². The standard InChI is InChI=1S/C14H19Cl2NO3/c1-14(2,3)20-13(19)17-7-6-12(18)9-4-5-10(15)11(16)8-9/h4-5,8,12,18H,6-7H2,1-3H3,(H,17,19). The molecule has 0 aliphatic rings. The maximum atomic E-state index is 11.4. The third-order valence-corrected chi connectivity index (χ3v) is 3.15. The molecule has 0 aromatic heterocycles. The average molecular weight is 320 g/mol. The van der Waals surface area contributed by atoms with E-state index in [1.54, 1.807) is 39.0 Å². The third kappa shape index (κ3) is 5.99. The second-order valence-electron chi connectivity index (χ2n) is 5.41. The number of benzene rings is 1. The van der Waals surface area contributed by atoms with E-state index in [4.69, 9.17) is 27.9 Å². The monoisotopic (exact) mass is 319 g/mol. The fourth-order valence-corrected chi connectivity index (χ4v) is 1.82. The summed E-state index contributed by atoms with van der Waals surface area (Å²) in [6, 6.07) is 4.94. The molecule has 6 heteroatoms. The summed E-state index contributed by atoms with van der Waals surface area (Å²) in [6.45, 7) is 5.67. The first kappa shape index (κ1) is 17.1. The van der Waals surface area contributed by atoms with Gasteiger partial charge in [-0.25, -0.2) is 4.79 Å². The van der Waals surface area contributed by atoms with Gasteiger partial charge in [0, 0.05) is 6.54 Å². The van der Waals surface area contributed by atoms with E-state index in [9.17, 15) is 9.90 Å². The molecule has 0 saturated heterocycles. The summed E-state index contributed by atoms with van der Waals surface area (Å²) in [5, 5.41) is 13.4. The van der Waals surface area contributed by atoms with E-state index < -0.39 is 17.8 Å². The maximum Gasteiger partial charge on any atom is 0.407 e. The maximum absolute atomic E-state index is 11.4. The second-order valence-corrected chi connectivity index (χ2v) is 6.22. The smallest absolute Gasteiger partial charge is 0.407 e. The van der Waals surface area contributed by atoms with Gasteiger partial charge in [0.25, 0.3) is 0 Å². The molecule has 1 rings (SSSR count). The number of aliphatic hydroxyl groups excluding tert-OH is 1. The number of alkyl carbamates (subject to hydrolysis) is 1. The first-order valence-corrected chi connectivity index (χ1v) is 7.04. The van der Waals surface area contributed by atoms with Crippen LogP contribution in [0.4, 0.5) is 4.79 Å². The van der Waals surface area contributed by atoms with E-state index in [0.29, 0.717) is 28.6 Å². The Balaban J connectivity index is 2.42. The predicted molar refractivity (Wildman–Crippen MR) is 80.3 cm³/mol. The Labute approximate surface area is 129 Å². The number of carbonyl (C=O) groups is 1. The van der Waals surface area contributed by atoms with Crippen molar-refractivity contribution < 1.29 is 14.6 Å². The minimum absolute atomic E-state index is 0.302. The van der Waals surface area contributed by atoms with Gasteiger partial charge in [0.2, 0.25) is 0 Å². The summed E-state index contributed by atoms with van der Waals surface area (Å²) in [7, 11) is 0. The van der Waals surface area contributed by atoms with E-state index in [2.05, 4.69) is 5.32 Å². The number of hydrogen-bond acceptors (Lipinski definition) is 3. The number of amides is 1. The Morgan fingerprint density at radius 2 is 2.00 bits per heavy atom. The van der Waals surface area contributed by atoms with E-state index >= 15 is 0 Å². The molecule has 1 aromatic carbocycles. The van der Waals surface area contributed by atoms with Crippen LogP contribution in [0.15, 0.2) is 18.2 Å². The van der Waals surface area contributed by atoms with Crippen LogP contribution in [0.2, 0.25) is 10.0 Å². The molecule has 20 heavy (non-hydrogen) atoms. The largest absolute Gasteiger partial charge is 0.444 e. The highest BCUT2D eigenvalue weighted by molar-refractivity contribution is 6.42. The van der Waals surface area contributed by atoms with E-state index in [0.717, 1.165) is 0 Å². The summed E-state index contributed by atoms with van der Waals surface area (Å²) in [6.07, 6.45) is -0.865. The molecule has 4 nitrogen and oxygen atoms in total. The van der Waals surface area contributed by atoms with Crippen LogP contribution >= 0.6 is 23.2 Å². The minimum Gasteiger partial charge on any atom is -0.444 e. The van der Waals surface area contributed by atoms with E-state index in [1.807, 2.05) is 0 Å². The molecular formula is C14H19Cl2NO3. The molecule has 1 amide bonds. The Bertz CT molecular complexity index is 472. The molecule has 2 N–H and O–H groups in total. The van der Waals surface area contributed by atoms with Crippen molar-refractivity contribution in [2.75, 3.05) is 6.54 Å². The lowest BCUT2D eigenvalue weighted by Gasteiger charge is -2.20. The fraction of sp³-hybridized carbons (Fsp3) is 0.500. The van der Waals surface area contributed by atoms with Crippen LogP contribution in [0.25, 0.3) is 0 Å². The summed E-state index contributed by atoms with van der Waals surface area (Å²) >= 11 is 11.7. The highest BCUT2D eigenvalue weighted by Crippen LogP contribution is 2.26. The van der Waals surface area contributed by atoms with Crippen molar-refractivity contribution in [3.05, 3.63) is 33.8 Å². The van der Waals surface area contributed by atoms with Crippen molar-refractivity contribution in [1.82, 2.24) is 5.32 Å². The second kappa shape index (κ2) is 7.16. The van der Waals surface area contributed by atoms with Crippen molar-refractivity contribution in [1.29, 1.82) is 0 Å². The summed E-state index contributed by atoms with van der Waals surface area (Å²) in [5.74, 6) is 0. The van der Waals surface area contributed by atoms with Gasteiger partial charge in [0.1, 0.15) is 5.60 Å². The Hall–Kier alpha value is -0.970. The van der Waals surface area contributed by atoms with Crippen molar-refractivity contribution in [2.45, 2.75) is 38.9 Å². The highest BCUT2D eigenvalue weighted by Gasteiger charge is 2.16. The summed E-state index contributed by atoms with van der Waals surface area (Å²) < 4.78 is 5.09. The topological polar surface area (TPSA) is 58.6 Å². The molecule has 1 aromatic rings. The molecule has 1 atom stereocenters. The van der Waals surface area contributed by atoms with Crippen LogP contribution in [0.1, 0.15) is 38.9 Å². The van der Waals surface area contributed by atoms with Gasteiger partial charge in [-0.2, -0.15) is 0 Å². The third-order valence-electron chi connectivity index (χ3n) is 2.41.